The van der Waals surface area contributed by atoms with Gasteiger partial charge in [0.25, 0.3) is 0 Å². The lowest BCUT2D eigenvalue weighted by Gasteiger charge is -2.10. The summed E-state index contributed by atoms with van der Waals surface area (Å²) in [6.45, 7) is 1.83. The maximum atomic E-state index is 9.35. The van der Waals surface area contributed by atoms with E-state index in [0.29, 0.717) is 15.8 Å². The van der Waals surface area contributed by atoms with Crippen molar-refractivity contribution in [3.8, 4) is 5.75 Å². The summed E-state index contributed by atoms with van der Waals surface area (Å²) in [6, 6.07) is 5.08. The second-order valence-electron chi connectivity index (χ2n) is 3.21. The van der Waals surface area contributed by atoms with Crippen molar-refractivity contribution >= 4 is 34.8 Å². The Hall–Kier alpha value is -0.410. The topological polar surface area (TPSA) is 29.5 Å². The smallest absolute Gasteiger partial charge is 0.138 e. The summed E-state index contributed by atoms with van der Waals surface area (Å²) in [5.74, 6) is 0.503. The summed E-state index contributed by atoms with van der Waals surface area (Å²) in [5.41, 5.74) is 1.97. The Morgan fingerprint density at radius 3 is 2.75 bits per heavy atom. The number of ether oxygens (including phenoxy) is 1. The van der Waals surface area contributed by atoms with Crippen LogP contribution in [0.15, 0.2) is 28.8 Å². The van der Waals surface area contributed by atoms with Gasteiger partial charge in [0, 0.05) is 5.54 Å². The fourth-order valence-electron chi connectivity index (χ4n) is 1.07. The van der Waals surface area contributed by atoms with Crippen molar-refractivity contribution in [1.82, 2.24) is 0 Å². The van der Waals surface area contributed by atoms with Gasteiger partial charge in [0.1, 0.15) is 12.4 Å². The van der Waals surface area contributed by atoms with Crippen LogP contribution in [0, 0.1) is 0 Å². The molecule has 0 radical (unpaired) electrons. The number of halogens is 3. The molecule has 0 amide bonds. The van der Waals surface area contributed by atoms with Gasteiger partial charge in [-0.15, -0.1) is 0 Å². The lowest BCUT2D eigenvalue weighted by atomic mass is 10.1. The van der Waals surface area contributed by atoms with Crippen LogP contribution in [0.1, 0.15) is 18.6 Å². The quantitative estimate of drug-likeness (QED) is 0.900. The number of benzene rings is 1. The van der Waals surface area contributed by atoms with Gasteiger partial charge in [0.2, 0.25) is 0 Å². The molecule has 0 aromatic heterocycles. The van der Waals surface area contributed by atoms with E-state index in [0.717, 1.165) is 5.56 Å². The highest BCUT2D eigenvalue weighted by atomic mass is 35.5. The highest BCUT2D eigenvalue weighted by Gasteiger charge is 2.06. The lowest BCUT2D eigenvalue weighted by Crippen LogP contribution is -1.98. The average Bonchev–Trinajstić information content (AvgIpc) is 2.26. The van der Waals surface area contributed by atoms with E-state index in [-0.39, 0.29) is 6.61 Å². The molecule has 1 atom stereocenters. The van der Waals surface area contributed by atoms with Gasteiger partial charge in [-0.05, 0) is 24.6 Å². The van der Waals surface area contributed by atoms with Crippen LogP contribution >= 0.6 is 34.8 Å². The molecule has 1 aromatic rings. The SMILES string of the molecule is C[C@H](O)c1ccc(OC/C(Cl)=C/Cl)c(Cl)c1. The van der Waals surface area contributed by atoms with Crippen molar-refractivity contribution in [2.45, 2.75) is 13.0 Å². The van der Waals surface area contributed by atoms with Gasteiger partial charge in [-0.1, -0.05) is 40.9 Å². The summed E-state index contributed by atoms with van der Waals surface area (Å²) >= 11 is 17.0. The average molecular weight is 282 g/mol. The molecular formula is C11H11Cl3O2. The van der Waals surface area contributed by atoms with Crippen molar-refractivity contribution < 1.29 is 9.84 Å². The lowest BCUT2D eigenvalue weighted by molar-refractivity contribution is 0.199. The molecule has 16 heavy (non-hydrogen) atoms. The third-order valence-electron chi connectivity index (χ3n) is 1.92. The molecular weight excluding hydrogens is 270 g/mol. The Kier molecular flexibility index (Phi) is 5.42. The van der Waals surface area contributed by atoms with Crippen LogP contribution in [0.3, 0.4) is 0 Å². The van der Waals surface area contributed by atoms with Crippen LogP contribution in [-0.2, 0) is 0 Å². The maximum absolute atomic E-state index is 9.35. The molecule has 0 spiro atoms. The highest BCUT2D eigenvalue weighted by Crippen LogP contribution is 2.28. The standard InChI is InChI=1S/C11H11Cl3O2/c1-7(15)8-2-3-11(10(14)4-8)16-6-9(13)5-12/h2-5,7,15H,6H2,1H3/b9-5-/t7-/m0/s1. The van der Waals surface area contributed by atoms with Crippen LogP contribution in [-0.4, -0.2) is 11.7 Å². The van der Waals surface area contributed by atoms with E-state index in [1.807, 2.05) is 0 Å². The highest BCUT2D eigenvalue weighted by molar-refractivity contribution is 6.36. The molecule has 0 aliphatic heterocycles. The zero-order chi connectivity index (χ0) is 12.1. The van der Waals surface area contributed by atoms with Gasteiger partial charge >= 0.3 is 0 Å². The molecule has 1 aromatic carbocycles. The van der Waals surface area contributed by atoms with Crippen LogP contribution in [0.2, 0.25) is 5.02 Å². The summed E-state index contributed by atoms with van der Waals surface area (Å²) in [4.78, 5) is 0. The van der Waals surface area contributed by atoms with E-state index in [9.17, 15) is 5.11 Å². The van der Waals surface area contributed by atoms with E-state index < -0.39 is 6.10 Å². The molecule has 5 heteroatoms. The first-order valence-electron chi connectivity index (χ1n) is 4.59. The van der Waals surface area contributed by atoms with E-state index >= 15 is 0 Å². The number of aliphatic hydroxyl groups excluding tert-OH is 1. The Morgan fingerprint density at radius 2 is 2.25 bits per heavy atom. The minimum absolute atomic E-state index is 0.165. The van der Waals surface area contributed by atoms with Crippen LogP contribution in [0.25, 0.3) is 0 Å². The predicted octanol–water partition coefficient (Wildman–Crippen LogP) is 4.09. The fourth-order valence-corrected chi connectivity index (χ4v) is 1.43. The van der Waals surface area contributed by atoms with Crippen LogP contribution in [0.5, 0.6) is 5.75 Å². The Bertz CT molecular complexity index is 389. The Morgan fingerprint density at radius 1 is 1.56 bits per heavy atom. The molecule has 0 aliphatic rings. The van der Waals surface area contributed by atoms with Gasteiger partial charge in [-0.25, -0.2) is 0 Å². The van der Waals surface area contributed by atoms with Crippen molar-refractivity contribution in [1.29, 1.82) is 0 Å². The van der Waals surface area contributed by atoms with Gasteiger partial charge in [0.15, 0.2) is 0 Å². The number of hydrogen-bond acceptors (Lipinski definition) is 2. The molecule has 1 N–H and O–H groups in total. The second kappa shape index (κ2) is 6.36. The predicted molar refractivity (Wildman–Crippen MR) is 67.4 cm³/mol. The first kappa shape index (κ1) is 13.7. The molecule has 0 bridgehead atoms. The van der Waals surface area contributed by atoms with Crippen molar-refractivity contribution in [3.05, 3.63) is 39.4 Å². The molecule has 1 rings (SSSR count). The molecule has 88 valence electrons. The maximum Gasteiger partial charge on any atom is 0.138 e. The van der Waals surface area contributed by atoms with Gasteiger partial charge in [0.05, 0.1) is 16.2 Å². The third-order valence-corrected chi connectivity index (χ3v) is 2.81. The number of rotatable bonds is 4. The number of aliphatic hydroxyl groups is 1. The summed E-state index contributed by atoms with van der Waals surface area (Å²) in [5, 5.41) is 10.2. The molecule has 0 unspecified atom stereocenters. The van der Waals surface area contributed by atoms with Crippen molar-refractivity contribution in [2.75, 3.05) is 6.61 Å². The number of hydrogen-bond donors (Lipinski definition) is 1. The molecule has 0 fully saturated rings. The largest absolute Gasteiger partial charge is 0.486 e. The molecule has 2 nitrogen and oxygen atoms in total. The van der Waals surface area contributed by atoms with Gasteiger partial charge in [-0.2, -0.15) is 0 Å². The van der Waals surface area contributed by atoms with Gasteiger partial charge < -0.3 is 9.84 Å². The summed E-state index contributed by atoms with van der Waals surface area (Å²) in [6.07, 6.45) is -0.558. The molecule has 0 aliphatic carbocycles. The second-order valence-corrected chi connectivity index (χ2v) is 4.32. The zero-order valence-electron chi connectivity index (χ0n) is 8.58. The van der Waals surface area contributed by atoms with E-state index in [1.165, 1.54) is 5.54 Å². The Balaban J connectivity index is 2.75. The van der Waals surface area contributed by atoms with E-state index in [2.05, 4.69) is 0 Å². The van der Waals surface area contributed by atoms with Crippen molar-refractivity contribution in [2.24, 2.45) is 0 Å². The Labute approximate surface area is 109 Å². The van der Waals surface area contributed by atoms with Crippen LogP contribution < -0.4 is 4.74 Å². The zero-order valence-corrected chi connectivity index (χ0v) is 10.9. The first-order valence-corrected chi connectivity index (χ1v) is 5.79. The van der Waals surface area contributed by atoms with E-state index in [4.69, 9.17) is 39.5 Å². The summed E-state index contributed by atoms with van der Waals surface area (Å²) < 4.78 is 5.33. The first-order chi connectivity index (χ1) is 7.54. The normalized spacial score (nSPS) is 13.7. The van der Waals surface area contributed by atoms with Crippen molar-refractivity contribution in [3.63, 3.8) is 0 Å². The summed E-state index contributed by atoms with van der Waals surface area (Å²) in [7, 11) is 0. The minimum atomic E-state index is -0.558. The molecule has 0 saturated carbocycles. The van der Waals surface area contributed by atoms with Crippen LogP contribution in [0.4, 0.5) is 0 Å². The third kappa shape index (κ3) is 3.87. The van der Waals surface area contributed by atoms with E-state index in [1.54, 1.807) is 25.1 Å². The van der Waals surface area contributed by atoms with Gasteiger partial charge in [-0.3, -0.25) is 0 Å². The fraction of sp³-hybridized carbons (Fsp3) is 0.273. The monoisotopic (exact) mass is 280 g/mol. The minimum Gasteiger partial charge on any atom is -0.486 e. The molecule has 0 heterocycles. The molecule has 0 saturated heterocycles.